The monoisotopic (exact) mass is 398 g/mol. The predicted octanol–water partition coefficient (Wildman–Crippen LogP) is 2.68. The molecule has 9 nitrogen and oxygen atoms in total. The molecule has 3 rings (SSSR count). The van der Waals surface area contributed by atoms with E-state index in [2.05, 4.69) is 5.32 Å². The lowest BCUT2D eigenvalue weighted by molar-refractivity contribution is -0.385. The first-order valence-corrected chi connectivity index (χ1v) is 8.66. The van der Waals surface area contributed by atoms with Gasteiger partial charge in [0.2, 0.25) is 5.91 Å². The quantitative estimate of drug-likeness (QED) is 0.344. The number of ether oxygens (including phenoxy) is 3. The molecule has 1 N–H and O–H groups in total. The molecule has 9 heteroatoms. The fraction of sp³-hybridized carbons (Fsp3) is 0.200. The molecule has 2 aromatic rings. The summed E-state index contributed by atoms with van der Waals surface area (Å²) in [6.07, 6.45) is 1.48. The van der Waals surface area contributed by atoms with E-state index in [0.717, 1.165) is 0 Å². The molecule has 0 radical (unpaired) electrons. The van der Waals surface area contributed by atoms with Gasteiger partial charge < -0.3 is 19.5 Å². The van der Waals surface area contributed by atoms with E-state index in [-0.39, 0.29) is 31.4 Å². The van der Waals surface area contributed by atoms with E-state index in [0.29, 0.717) is 22.4 Å². The zero-order valence-corrected chi connectivity index (χ0v) is 15.5. The molecule has 1 aliphatic rings. The highest BCUT2D eigenvalue weighted by Gasteiger charge is 2.22. The Kier molecular flexibility index (Phi) is 6.20. The van der Waals surface area contributed by atoms with Crippen molar-refractivity contribution in [3.05, 3.63) is 75.0 Å². The first kappa shape index (κ1) is 20.0. The summed E-state index contributed by atoms with van der Waals surface area (Å²) in [5.41, 5.74) is 1.32. The third-order valence-corrected chi connectivity index (χ3v) is 3.98. The molecule has 1 aliphatic heterocycles. The summed E-state index contributed by atoms with van der Waals surface area (Å²) in [4.78, 5) is 34.6. The number of carbonyl (C=O) groups is 2. The Hall–Kier alpha value is -3.72. The van der Waals surface area contributed by atoms with E-state index in [1.165, 1.54) is 25.1 Å². The summed E-state index contributed by atoms with van der Waals surface area (Å²) in [6.45, 7) is 1.16. The van der Waals surface area contributed by atoms with Crippen molar-refractivity contribution in [3.8, 4) is 5.75 Å². The van der Waals surface area contributed by atoms with Crippen LogP contribution in [-0.2, 0) is 32.3 Å². The van der Waals surface area contributed by atoms with Crippen molar-refractivity contribution in [2.45, 2.75) is 20.1 Å². The smallest absolute Gasteiger partial charge is 0.355 e. The number of esters is 1. The standard InChI is InChI=1S/C20H18N2O7/c1-13(23)21-18(7-14-5-3-2-4-6-14)20(24)28-11-16-9-17(22(25)26)8-15-10-27-12-29-19(15)16/h2-9H,10-12H2,1H3,(H,21,23)/b18-7+. The Balaban J connectivity index is 1.82. The van der Waals surface area contributed by atoms with Crippen LogP contribution in [0.3, 0.4) is 0 Å². The van der Waals surface area contributed by atoms with Crippen LogP contribution < -0.4 is 10.1 Å². The van der Waals surface area contributed by atoms with E-state index in [4.69, 9.17) is 14.2 Å². The molecule has 2 aromatic carbocycles. The van der Waals surface area contributed by atoms with Gasteiger partial charge in [0, 0.05) is 30.2 Å². The number of amides is 1. The molecule has 1 amide bonds. The highest BCUT2D eigenvalue weighted by molar-refractivity contribution is 5.97. The molecule has 0 atom stereocenters. The van der Waals surface area contributed by atoms with Gasteiger partial charge in [-0.05, 0) is 11.6 Å². The second-order valence-corrected chi connectivity index (χ2v) is 6.19. The molecule has 0 aromatic heterocycles. The average Bonchev–Trinajstić information content (AvgIpc) is 2.71. The Morgan fingerprint density at radius 2 is 2.03 bits per heavy atom. The second-order valence-electron chi connectivity index (χ2n) is 6.19. The van der Waals surface area contributed by atoms with Crippen LogP contribution in [0.2, 0.25) is 0 Å². The summed E-state index contributed by atoms with van der Waals surface area (Å²) in [6, 6.07) is 11.6. The maximum atomic E-state index is 12.5. The maximum absolute atomic E-state index is 12.5. The van der Waals surface area contributed by atoms with Crippen LogP contribution in [0.1, 0.15) is 23.6 Å². The van der Waals surface area contributed by atoms with Crippen molar-refractivity contribution in [2.24, 2.45) is 0 Å². The molecule has 1 heterocycles. The van der Waals surface area contributed by atoms with E-state index in [9.17, 15) is 19.7 Å². The van der Waals surface area contributed by atoms with Crippen LogP contribution in [0.4, 0.5) is 5.69 Å². The first-order valence-electron chi connectivity index (χ1n) is 8.66. The highest BCUT2D eigenvalue weighted by Crippen LogP contribution is 2.33. The average molecular weight is 398 g/mol. The van der Waals surface area contributed by atoms with Gasteiger partial charge in [-0.2, -0.15) is 0 Å². The lowest BCUT2D eigenvalue weighted by Crippen LogP contribution is -2.26. The second kappa shape index (κ2) is 8.98. The third kappa shape index (κ3) is 5.17. The molecule has 0 bridgehead atoms. The fourth-order valence-electron chi connectivity index (χ4n) is 2.77. The largest absolute Gasteiger partial charge is 0.467 e. The molecule has 0 saturated heterocycles. The minimum absolute atomic E-state index is 0.00317. The Morgan fingerprint density at radius 3 is 2.72 bits per heavy atom. The van der Waals surface area contributed by atoms with Crippen molar-refractivity contribution >= 4 is 23.6 Å². The van der Waals surface area contributed by atoms with Crippen LogP contribution in [0.25, 0.3) is 6.08 Å². The SMILES string of the molecule is CC(=O)N/C(=C/c1ccccc1)C(=O)OCc1cc([N+](=O)[O-])cc2c1OCOC2. The number of nitro groups is 1. The lowest BCUT2D eigenvalue weighted by atomic mass is 10.1. The molecule has 29 heavy (non-hydrogen) atoms. The zero-order valence-electron chi connectivity index (χ0n) is 15.5. The van der Waals surface area contributed by atoms with Crippen LogP contribution >= 0.6 is 0 Å². The van der Waals surface area contributed by atoms with Crippen LogP contribution in [0, 0.1) is 10.1 Å². The Morgan fingerprint density at radius 1 is 1.28 bits per heavy atom. The van der Waals surface area contributed by atoms with E-state index in [1.807, 2.05) is 6.07 Å². The summed E-state index contributed by atoms with van der Waals surface area (Å²) >= 11 is 0. The molecule has 0 spiro atoms. The summed E-state index contributed by atoms with van der Waals surface area (Å²) < 4.78 is 15.9. The first-order chi connectivity index (χ1) is 13.9. The van der Waals surface area contributed by atoms with Crippen molar-refractivity contribution < 1.29 is 28.7 Å². The van der Waals surface area contributed by atoms with Gasteiger partial charge in [0.1, 0.15) is 18.1 Å². The minimum atomic E-state index is -0.781. The van der Waals surface area contributed by atoms with Gasteiger partial charge in [-0.25, -0.2) is 4.79 Å². The molecule has 0 unspecified atom stereocenters. The third-order valence-electron chi connectivity index (χ3n) is 3.98. The number of benzene rings is 2. The van der Waals surface area contributed by atoms with Gasteiger partial charge in [-0.15, -0.1) is 0 Å². The van der Waals surface area contributed by atoms with Gasteiger partial charge in [-0.1, -0.05) is 30.3 Å². The fourth-order valence-corrected chi connectivity index (χ4v) is 2.77. The van der Waals surface area contributed by atoms with E-state index < -0.39 is 16.8 Å². The number of carbonyl (C=O) groups excluding carboxylic acids is 2. The predicted molar refractivity (Wildman–Crippen MR) is 101 cm³/mol. The van der Waals surface area contributed by atoms with Crippen LogP contribution in [0.15, 0.2) is 48.2 Å². The van der Waals surface area contributed by atoms with Crippen molar-refractivity contribution in [3.63, 3.8) is 0 Å². The number of rotatable bonds is 6. The van der Waals surface area contributed by atoms with Gasteiger partial charge in [-0.3, -0.25) is 14.9 Å². The lowest BCUT2D eigenvalue weighted by Gasteiger charge is -2.20. The summed E-state index contributed by atoms with van der Waals surface area (Å²) in [7, 11) is 0. The molecule has 0 aliphatic carbocycles. The summed E-state index contributed by atoms with van der Waals surface area (Å²) in [5, 5.41) is 13.6. The van der Waals surface area contributed by atoms with Gasteiger partial charge >= 0.3 is 5.97 Å². The highest BCUT2D eigenvalue weighted by atomic mass is 16.7. The van der Waals surface area contributed by atoms with Crippen LogP contribution in [0.5, 0.6) is 5.75 Å². The number of hydrogen-bond acceptors (Lipinski definition) is 7. The number of fused-ring (bicyclic) bond motifs is 1. The van der Waals surface area contributed by atoms with Crippen LogP contribution in [-0.4, -0.2) is 23.6 Å². The van der Waals surface area contributed by atoms with Gasteiger partial charge in [0.15, 0.2) is 6.79 Å². The minimum Gasteiger partial charge on any atom is -0.467 e. The molecular weight excluding hydrogens is 380 g/mol. The molecule has 0 saturated carbocycles. The van der Waals surface area contributed by atoms with Gasteiger partial charge in [0.05, 0.1) is 11.5 Å². The zero-order chi connectivity index (χ0) is 20.8. The number of non-ortho nitro benzene ring substituents is 1. The molecule has 150 valence electrons. The number of nitro benzene ring substituents is 1. The van der Waals surface area contributed by atoms with E-state index >= 15 is 0 Å². The Labute approximate surface area is 166 Å². The van der Waals surface area contributed by atoms with Crippen molar-refractivity contribution in [2.75, 3.05) is 6.79 Å². The maximum Gasteiger partial charge on any atom is 0.355 e. The van der Waals surface area contributed by atoms with Gasteiger partial charge in [0.25, 0.3) is 5.69 Å². The Bertz CT molecular complexity index is 970. The normalized spacial score (nSPS) is 13.1. The number of nitrogens with zero attached hydrogens (tertiary/aromatic N) is 1. The number of nitrogens with one attached hydrogen (secondary N) is 1. The van der Waals surface area contributed by atoms with Crippen molar-refractivity contribution in [1.29, 1.82) is 0 Å². The van der Waals surface area contributed by atoms with Crippen molar-refractivity contribution in [1.82, 2.24) is 5.32 Å². The molecular formula is C20H18N2O7. The number of hydrogen-bond donors (Lipinski definition) is 1. The summed E-state index contributed by atoms with van der Waals surface area (Å²) in [5.74, 6) is -0.823. The topological polar surface area (TPSA) is 117 Å². The molecule has 0 fully saturated rings. The van der Waals surface area contributed by atoms with E-state index in [1.54, 1.807) is 24.3 Å².